The van der Waals surface area contributed by atoms with Crippen LogP contribution in [0, 0.1) is 5.92 Å². The van der Waals surface area contributed by atoms with Crippen LogP contribution in [-0.4, -0.2) is 55.4 Å². The van der Waals surface area contributed by atoms with Crippen molar-refractivity contribution in [3.63, 3.8) is 0 Å². The molecule has 2 amide bonds. The Labute approximate surface area is 251 Å². The molecule has 8 rings (SSSR count). The molecular weight excluding hydrogens is 562 g/mol. The van der Waals surface area contributed by atoms with E-state index in [9.17, 15) is 14.4 Å². The van der Waals surface area contributed by atoms with Crippen LogP contribution in [0.15, 0.2) is 76.9 Å². The molecule has 3 aromatic carbocycles. The quantitative estimate of drug-likeness (QED) is 0.261. The molecule has 0 radical (unpaired) electrons. The maximum absolute atomic E-state index is 13.9. The third-order valence-corrected chi connectivity index (χ3v) is 9.07. The van der Waals surface area contributed by atoms with E-state index in [-0.39, 0.29) is 29.3 Å². The number of aromatic nitrogens is 1. The van der Waals surface area contributed by atoms with Crippen molar-refractivity contribution in [2.45, 2.75) is 11.8 Å². The van der Waals surface area contributed by atoms with E-state index in [0.29, 0.717) is 52.0 Å². The third-order valence-electron chi connectivity index (χ3n) is 9.07. The number of fused-ring (bicyclic) bond motifs is 3. The SMILES string of the molecule is COc1cc2c(c(OC)c1OC)C13CC1CN(C(=O)c1cc4cc(NC(=O)c5cc6ccccc6o5)ccc4[nH]1)C3=CC2=O. The molecule has 220 valence electrons. The molecule has 1 saturated heterocycles. The predicted molar refractivity (Wildman–Crippen MR) is 162 cm³/mol. The summed E-state index contributed by atoms with van der Waals surface area (Å²) in [4.78, 5) is 45.2. The van der Waals surface area contributed by atoms with Gasteiger partial charge >= 0.3 is 0 Å². The standard InChI is InChI=1S/C34H27N3O7/c1-41-26-13-21-24(38)14-28-34(29(21)31(43-3)30(26)42-2)15-19(34)16-37(28)33(40)23-11-18-10-20(8-9-22(18)36-23)35-32(39)27-12-17-6-4-5-7-25(17)44-27/h4-14,19,36H,15-16H2,1-3H3,(H,35,39). The Hall–Kier alpha value is -5.51. The summed E-state index contributed by atoms with van der Waals surface area (Å²) in [6.07, 6.45) is 2.38. The minimum Gasteiger partial charge on any atom is -0.493 e. The number of rotatable bonds is 6. The van der Waals surface area contributed by atoms with E-state index in [1.807, 2.05) is 30.3 Å². The topological polar surface area (TPSA) is 123 Å². The molecule has 2 unspecified atom stereocenters. The van der Waals surface area contributed by atoms with Crippen molar-refractivity contribution in [1.29, 1.82) is 0 Å². The molecule has 10 nitrogen and oxygen atoms in total. The summed E-state index contributed by atoms with van der Waals surface area (Å²) >= 11 is 0. The minimum absolute atomic E-state index is 0.140. The first-order valence-electron chi connectivity index (χ1n) is 14.2. The average Bonchev–Trinajstić information content (AvgIpc) is 3.34. The highest BCUT2D eigenvalue weighted by molar-refractivity contribution is 6.11. The Bertz CT molecular complexity index is 2070. The van der Waals surface area contributed by atoms with Gasteiger partial charge in [0.1, 0.15) is 11.3 Å². The molecule has 3 heterocycles. The van der Waals surface area contributed by atoms with Crippen LogP contribution in [0.25, 0.3) is 21.9 Å². The van der Waals surface area contributed by atoms with Gasteiger partial charge in [-0.3, -0.25) is 14.4 Å². The van der Waals surface area contributed by atoms with Gasteiger partial charge in [-0.15, -0.1) is 0 Å². The Morgan fingerprint density at radius 2 is 1.80 bits per heavy atom. The number of furan rings is 1. The first-order chi connectivity index (χ1) is 21.4. The van der Waals surface area contributed by atoms with Crippen LogP contribution in [-0.2, 0) is 5.41 Å². The number of allylic oxidation sites excluding steroid dienone is 2. The van der Waals surface area contributed by atoms with Gasteiger partial charge in [0.25, 0.3) is 11.8 Å². The van der Waals surface area contributed by atoms with Crippen molar-refractivity contribution in [1.82, 2.24) is 9.88 Å². The Morgan fingerprint density at radius 3 is 2.57 bits per heavy atom. The van der Waals surface area contributed by atoms with Crippen LogP contribution in [0.5, 0.6) is 17.2 Å². The lowest BCUT2D eigenvalue weighted by Crippen LogP contribution is -2.34. The van der Waals surface area contributed by atoms with Gasteiger partial charge in [-0.05, 0) is 54.8 Å². The van der Waals surface area contributed by atoms with Gasteiger partial charge in [0.2, 0.25) is 5.75 Å². The smallest absolute Gasteiger partial charge is 0.291 e. The van der Waals surface area contributed by atoms with Gasteiger partial charge in [0.05, 0.1) is 21.3 Å². The fraction of sp³-hybridized carbons (Fsp3) is 0.206. The van der Waals surface area contributed by atoms with E-state index >= 15 is 0 Å². The Morgan fingerprint density at radius 1 is 0.977 bits per heavy atom. The highest BCUT2D eigenvalue weighted by atomic mass is 16.5. The van der Waals surface area contributed by atoms with Crippen molar-refractivity contribution >= 4 is 45.2 Å². The van der Waals surface area contributed by atoms with Crippen LogP contribution in [0.4, 0.5) is 5.69 Å². The van der Waals surface area contributed by atoms with Gasteiger partial charge in [0, 0.05) is 56.8 Å². The number of hydrogen-bond acceptors (Lipinski definition) is 7. The zero-order valence-corrected chi connectivity index (χ0v) is 24.1. The number of ether oxygens (including phenoxy) is 3. The number of nitrogens with zero attached hydrogens (tertiary/aromatic N) is 1. The largest absolute Gasteiger partial charge is 0.493 e. The molecule has 0 bridgehead atoms. The second-order valence-electron chi connectivity index (χ2n) is 11.3. The lowest BCUT2D eigenvalue weighted by atomic mass is 9.80. The van der Waals surface area contributed by atoms with Crippen molar-refractivity contribution in [2.75, 3.05) is 33.2 Å². The van der Waals surface area contributed by atoms with Crippen molar-refractivity contribution in [3.8, 4) is 17.2 Å². The zero-order valence-electron chi connectivity index (χ0n) is 24.1. The predicted octanol–water partition coefficient (Wildman–Crippen LogP) is 5.69. The second-order valence-corrected chi connectivity index (χ2v) is 11.3. The summed E-state index contributed by atoms with van der Waals surface area (Å²) in [6.45, 7) is 0.475. The summed E-state index contributed by atoms with van der Waals surface area (Å²) in [5.74, 6) is 0.830. The first-order valence-corrected chi connectivity index (χ1v) is 14.2. The van der Waals surface area contributed by atoms with E-state index in [1.165, 1.54) is 14.2 Å². The molecule has 2 aromatic heterocycles. The molecule has 10 heteroatoms. The molecule has 3 aliphatic rings. The number of aromatic amines is 1. The maximum Gasteiger partial charge on any atom is 0.291 e. The monoisotopic (exact) mass is 589 g/mol. The average molecular weight is 590 g/mol. The molecule has 5 aromatic rings. The van der Waals surface area contributed by atoms with E-state index < -0.39 is 5.41 Å². The summed E-state index contributed by atoms with van der Waals surface area (Å²) in [7, 11) is 4.60. The van der Waals surface area contributed by atoms with Crippen LogP contribution < -0.4 is 19.5 Å². The molecule has 1 saturated carbocycles. The number of piperidine rings is 1. The molecule has 2 fully saturated rings. The summed E-state index contributed by atoms with van der Waals surface area (Å²) < 4.78 is 22.6. The van der Waals surface area contributed by atoms with Crippen LogP contribution >= 0.6 is 0 Å². The van der Waals surface area contributed by atoms with Crippen LogP contribution in [0.2, 0.25) is 0 Å². The minimum atomic E-state index is -0.510. The zero-order chi connectivity index (χ0) is 30.3. The lowest BCUT2D eigenvalue weighted by molar-refractivity contribution is 0.0806. The molecule has 2 atom stereocenters. The Balaban J connectivity index is 1.09. The molecule has 1 spiro atoms. The molecule has 1 aliphatic heterocycles. The van der Waals surface area contributed by atoms with E-state index in [1.54, 1.807) is 48.4 Å². The molecule has 2 aliphatic carbocycles. The second kappa shape index (κ2) is 9.24. The van der Waals surface area contributed by atoms with Gasteiger partial charge in [-0.2, -0.15) is 0 Å². The van der Waals surface area contributed by atoms with Gasteiger partial charge < -0.3 is 33.8 Å². The molecular formula is C34H27N3O7. The number of methoxy groups -OCH3 is 3. The molecule has 2 N–H and O–H groups in total. The number of carbonyl (C=O) groups is 3. The van der Waals surface area contributed by atoms with E-state index in [2.05, 4.69) is 10.3 Å². The summed E-state index contributed by atoms with van der Waals surface area (Å²) in [5, 5.41) is 4.48. The van der Waals surface area contributed by atoms with E-state index in [0.717, 1.165) is 28.3 Å². The maximum atomic E-state index is 13.9. The van der Waals surface area contributed by atoms with Crippen molar-refractivity contribution in [3.05, 3.63) is 95.0 Å². The first kappa shape index (κ1) is 26.1. The number of para-hydroxylation sites is 1. The lowest BCUT2D eigenvalue weighted by Gasteiger charge is -2.31. The number of hydrogen-bond donors (Lipinski definition) is 2. The van der Waals surface area contributed by atoms with Gasteiger partial charge in [-0.25, -0.2) is 0 Å². The number of carbonyl (C=O) groups excluding carboxylic acids is 3. The fourth-order valence-corrected chi connectivity index (χ4v) is 7.01. The number of likely N-dealkylation sites (tertiary alicyclic amines) is 1. The molecule has 44 heavy (non-hydrogen) atoms. The summed E-state index contributed by atoms with van der Waals surface area (Å²) in [6, 6.07) is 18.0. The third kappa shape index (κ3) is 3.57. The number of ketones is 1. The highest BCUT2D eigenvalue weighted by Crippen LogP contribution is 2.69. The van der Waals surface area contributed by atoms with Crippen molar-refractivity contribution < 1.29 is 33.0 Å². The van der Waals surface area contributed by atoms with E-state index in [4.69, 9.17) is 18.6 Å². The van der Waals surface area contributed by atoms with Crippen molar-refractivity contribution in [2.24, 2.45) is 5.92 Å². The van der Waals surface area contributed by atoms with Crippen LogP contribution in [0.3, 0.4) is 0 Å². The number of benzene rings is 3. The van der Waals surface area contributed by atoms with Gasteiger partial charge in [-0.1, -0.05) is 18.2 Å². The van der Waals surface area contributed by atoms with Gasteiger partial charge in [0.15, 0.2) is 23.0 Å². The normalized spacial score (nSPS) is 19.7. The summed E-state index contributed by atoms with van der Waals surface area (Å²) in [5.41, 5.74) is 3.75. The number of anilines is 1. The fourth-order valence-electron chi connectivity index (χ4n) is 7.01. The number of nitrogens with one attached hydrogen (secondary N) is 2. The Kier molecular flexibility index (Phi) is 5.49. The number of amides is 2. The highest BCUT2D eigenvalue weighted by Gasteiger charge is 2.68. The van der Waals surface area contributed by atoms with Crippen LogP contribution in [0.1, 0.15) is 43.4 Å². The number of H-pyrrole nitrogens is 1.